The number of carbonyl (C=O) groups excluding carboxylic acids is 1. The highest BCUT2D eigenvalue weighted by molar-refractivity contribution is 5.76. The molecule has 0 aliphatic rings. The van der Waals surface area contributed by atoms with Gasteiger partial charge in [0.05, 0.1) is 12.6 Å². The first kappa shape index (κ1) is 14.7. The van der Waals surface area contributed by atoms with Crippen molar-refractivity contribution < 1.29 is 9.90 Å². The maximum atomic E-state index is 11.6. The lowest BCUT2D eigenvalue weighted by atomic mass is 10.0. The van der Waals surface area contributed by atoms with Crippen LogP contribution in [0.5, 0.6) is 0 Å². The lowest BCUT2D eigenvalue weighted by Gasteiger charge is -2.15. The molecule has 0 aliphatic heterocycles. The molecular weight excluding hydrogens is 228 g/mol. The Kier molecular flexibility index (Phi) is 6.39. The average molecular weight is 250 g/mol. The number of aliphatic hydroxyl groups excluding tert-OH is 1. The van der Waals surface area contributed by atoms with Gasteiger partial charge in [-0.2, -0.15) is 0 Å². The zero-order valence-corrected chi connectivity index (χ0v) is 10.8. The summed E-state index contributed by atoms with van der Waals surface area (Å²) < 4.78 is 0. The summed E-state index contributed by atoms with van der Waals surface area (Å²) in [7, 11) is 0. The summed E-state index contributed by atoms with van der Waals surface area (Å²) >= 11 is 0. The molecule has 0 saturated heterocycles. The minimum absolute atomic E-state index is 0.0209. The van der Waals surface area contributed by atoms with E-state index in [0.29, 0.717) is 12.8 Å². The van der Waals surface area contributed by atoms with E-state index >= 15 is 0 Å². The van der Waals surface area contributed by atoms with E-state index in [1.54, 1.807) is 0 Å². The van der Waals surface area contributed by atoms with E-state index in [1.807, 2.05) is 37.3 Å². The number of amides is 1. The van der Waals surface area contributed by atoms with E-state index in [2.05, 4.69) is 5.32 Å². The van der Waals surface area contributed by atoms with Gasteiger partial charge in [0.15, 0.2) is 0 Å². The predicted octanol–water partition coefficient (Wildman–Crippen LogP) is 1.35. The van der Waals surface area contributed by atoms with Crippen LogP contribution in [0.4, 0.5) is 0 Å². The molecule has 1 rings (SSSR count). The van der Waals surface area contributed by atoms with Crippen molar-refractivity contribution in [3.05, 3.63) is 35.9 Å². The molecule has 4 nitrogen and oxygen atoms in total. The molecule has 0 saturated carbocycles. The van der Waals surface area contributed by atoms with Crippen LogP contribution in [0.3, 0.4) is 0 Å². The van der Waals surface area contributed by atoms with E-state index in [4.69, 9.17) is 10.8 Å². The first-order valence-electron chi connectivity index (χ1n) is 6.38. The second-order valence-corrected chi connectivity index (χ2v) is 4.41. The fourth-order valence-electron chi connectivity index (χ4n) is 1.73. The van der Waals surface area contributed by atoms with Gasteiger partial charge in [0.2, 0.25) is 5.91 Å². The summed E-state index contributed by atoms with van der Waals surface area (Å²) in [4.78, 5) is 11.6. The van der Waals surface area contributed by atoms with Crippen molar-refractivity contribution in [2.24, 2.45) is 5.73 Å². The highest BCUT2D eigenvalue weighted by atomic mass is 16.3. The van der Waals surface area contributed by atoms with Gasteiger partial charge in [0.1, 0.15) is 0 Å². The molecule has 0 bridgehead atoms. The van der Waals surface area contributed by atoms with Crippen molar-refractivity contribution in [1.29, 1.82) is 0 Å². The Balaban J connectivity index is 2.34. The summed E-state index contributed by atoms with van der Waals surface area (Å²) in [6, 6.07) is 9.48. The molecule has 0 radical (unpaired) electrons. The van der Waals surface area contributed by atoms with Crippen LogP contribution in [0.15, 0.2) is 30.3 Å². The van der Waals surface area contributed by atoms with Crippen LogP contribution in [-0.4, -0.2) is 23.7 Å². The Hall–Kier alpha value is -1.39. The van der Waals surface area contributed by atoms with Crippen LogP contribution >= 0.6 is 0 Å². The SMILES string of the molecule is CC[C@H](CO)NC(=O)CCC(N)c1ccccc1. The Labute approximate surface area is 108 Å². The highest BCUT2D eigenvalue weighted by Crippen LogP contribution is 2.14. The van der Waals surface area contributed by atoms with Gasteiger partial charge in [0.25, 0.3) is 0 Å². The second-order valence-electron chi connectivity index (χ2n) is 4.41. The number of hydrogen-bond donors (Lipinski definition) is 3. The van der Waals surface area contributed by atoms with Crippen molar-refractivity contribution in [1.82, 2.24) is 5.32 Å². The number of rotatable bonds is 7. The summed E-state index contributed by atoms with van der Waals surface area (Å²) in [5.74, 6) is -0.0534. The quantitative estimate of drug-likeness (QED) is 0.684. The van der Waals surface area contributed by atoms with Crippen LogP contribution in [-0.2, 0) is 4.79 Å². The first-order chi connectivity index (χ1) is 8.67. The van der Waals surface area contributed by atoms with E-state index in [0.717, 1.165) is 12.0 Å². The number of nitrogens with two attached hydrogens (primary N) is 1. The summed E-state index contributed by atoms with van der Waals surface area (Å²) in [6.07, 6.45) is 1.72. The molecule has 0 aromatic heterocycles. The van der Waals surface area contributed by atoms with Gasteiger partial charge < -0.3 is 16.2 Å². The molecule has 0 heterocycles. The highest BCUT2D eigenvalue weighted by Gasteiger charge is 2.11. The lowest BCUT2D eigenvalue weighted by molar-refractivity contribution is -0.122. The molecule has 0 aliphatic carbocycles. The largest absolute Gasteiger partial charge is 0.394 e. The van der Waals surface area contributed by atoms with Gasteiger partial charge in [-0.1, -0.05) is 37.3 Å². The summed E-state index contributed by atoms with van der Waals surface area (Å²) in [6.45, 7) is 1.91. The second kappa shape index (κ2) is 7.84. The molecule has 18 heavy (non-hydrogen) atoms. The first-order valence-corrected chi connectivity index (χ1v) is 6.38. The topological polar surface area (TPSA) is 75.3 Å². The monoisotopic (exact) mass is 250 g/mol. The zero-order chi connectivity index (χ0) is 13.4. The molecule has 0 spiro atoms. The number of hydrogen-bond acceptors (Lipinski definition) is 3. The van der Waals surface area contributed by atoms with Gasteiger partial charge >= 0.3 is 0 Å². The van der Waals surface area contributed by atoms with Crippen molar-refractivity contribution in [3.8, 4) is 0 Å². The molecule has 4 heteroatoms. The normalized spacial score (nSPS) is 13.9. The minimum Gasteiger partial charge on any atom is -0.394 e. The van der Waals surface area contributed by atoms with Crippen LogP contribution < -0.4 is 11.1 Å². The minimum atomic E-state index is -0.148. The molecule has 4 N–H and O–H groups in total. The Morgan fingerprint density at radius 1 is 1.39 bits per heavy atom. The van der Waals surface area contributed by atoms with Crippen LogP contribution in [0.25, 0.3) is 0 Å². The van der Waals surface area contributed by atoms with Gasteiger partial charge in [-0.05, 0) is 18.4 Å². The molecule has 2 atom stereocenters. The number of aliphatic hydroxyl groups is 1. The fraction of sp³-hybridized carbons (Fsp3) is 0.500. The Bertz CT molecular complexity index is 350. The molecule has 1 unspecified atom stereocenters. The molecule has 1 amide bonds. The van der Waals surface area contributed by atoms with Crippen molar-refractivity contribution >= 4 is 5.91 Å². The number of benzene rings is 1. The number of carbonyl (C=O) groups is 1. The maximum absolute atomic E-state index is 11.6. The Morgan fingerprint density at radius 3 is 2.61 bits per heavy atom. The summed E-state index contributed by atoms with van der Waals surface area (Å²) in [5.41, 5.74) is 7.05. The average Bonchev–Trinajstić information content (AvgIpc) is 2.43. The molecular formula is C14H22N2O2. The van der Waals surface area contributed by atoms with E-state index < -0.39 is 0 Å². The van der Waals surface area contributed by atoms with Crippen molar-refractivity contribution in [2.75, 3.05) is 6.61 Å². The van der Waals surface area contributed by atoms with Crippen LogP contribution in [0.2, 0.25) is 0 Å². The van der Waals surface area contributed by atoms with Gasteiger partial charge in [-0.3, -0.25) is 4.79 Å². The third-order valence-corrected chi connectivity index (χ3v) is 2.99. The molecule has 1 aromatic carbocycles. The van der Waals surface area contributed by atoms with E-state index in [9.17, 15) is 4.79 Å². The third kappa shape index (κ3) is 4.85. The lowest BCUT2D eigenvalue weighted by Crippen LogP contribution is -2.37. The molecule has 100 valence electrons. The molecule has 1 aromatic rings. The van der Waals surface area contributed by atoms with Gasteiger partial charge in [-0.25, -0.2) is 0 Å². The van der Waals surface area contributed by atoms with Gasteiger partial charge in [0, 0.05) is 12.5 Å². The molecule has 0 fully saturated rings. The maximum Gasteiger partial charge on any atom is 0.220 e. The zero-order valence-electron chi connectivity index (χ0n) is 10.8. The standard InChI is InChI=1S/C14H22N2O2/c1-2-12(10-17)16-14(18)9-8-13(15)11-6-4-3-5-7-11/h3-7,12-13,17H,2,8-10,15H2,1H3,(H,16,18)/t12-,13?/m1/s1. The third-order valence-electron chi connectivity index (χ3n) is 2.99. The van der Waals surface area contributed by atoms with E-state index in [1.165, 1.54) is 0 Å². The van der Waals surface area contributed by atoms with Gasteiger partial charge in [-0.15, -0.1) is 0 Å². The predicted molar refractivity (Wildman–Crippen MR) is 71.9 cm³/mol. The summed E-state index contributed by atoms with van der Waals surface area (Å²) in [5, 5.41) is 11.8. The van der Waals surface area contributed by atoms with Crippen molar-refractivity contribution in [3.63, 3.8) is 0 Å². The van der Waals surface area contributed by atoms with E-state index in [-0.39, 0.29) is 24.6 Å². The fourth-order valence-corrected chi connectivity index (χ4v) is 1.73. The van der Waals surface area contributed by atoms with Crippen LogP contribution in [0.1, 0.15) is 37.8 Å². The smallest absolute Gasteiger partial charge is 0.220 e. The van der Waals surface area contributed by atoms with Crippen LogP contribution in [0, 0.1) is 0 Å². The van der Waals surface area contributed by atoms with Crippen molar-refractivity contribution in [2.45, 2.75) is 38.3 Å². The Morgan fingerprint density at radius 2 is 2.06 bits per heavy atom. The number of nitrogens with one attached hydrogen (secondary N) is 1.